The molecule has 6 heteroatoms. The lowest BCUT2D eigenvalue weighted by atomic mass is 10.1. The maximum absolute atomic E-state index is 11.2. The van der Waals surface area contributed by atoms with Crippen LogP contribution in [0.3, 0.4) is 0 Å². The van der Waals surface area contributed by atoms with Gasteiger partial charge in [-0.3, -0.25) is 9.69 Å². The molecule has 0 aliphatic carbocycles. The first-order chi connectivity index (χ1) is 13.0. The fraction of sp³-hybridized carbons (Fsp3) is 0.333. The van der Waals surface area contributed by atoms with Crippen molar-refractivity contribution in [2.45, 2.75) is 20.4 Å². The van der Waals surface area contributed by atoms with Crippen molar-refractivity contribution in [1.29, 1.82) is 0 Å². The van der Waals surface area contributed by atoms with E-state index in [1.165, 1.54) is 16.5 Å². The summed E-state index contributed by atoms with van der Waals surface area (Å²) in [6, 6.07) is 9.93. The van der Waals surface area contributed by atoms with Gasteiger partial charge in [0.25, 0.3) is 0 Å². The maximum atomic E-state index is 11.2. The predicted octanol–water partition coefficient (Wildman–Crippen LogP) is 2.87. The second-order valence-electron chi connectivity index (χ2n) is 7.18. The van der Waals surface area contributed by atoms with E-state index in [-0.39, 0.29) is 0 Å². The van der Waals surface area contributed by atoms with E-state index in [9.17, 15) is 4.79 Å². The minimum atomic E-state index is -0.449. The maximum Gasteiger partial charge on any atom is 0.250 e. The molecule has 3 heterocycles. The van der Waals surface area contributed by atoms with Gasteiger partial charge < -0.3 is 15.1 Å². The lowest BCUT2D eigenvalue weighted by Crippen LogP contribution is -2.46. The Hall–Kier alpha value is -2.86. The van der Waals surface area contributed by atoms with Crippen molar-refractivity contribution in [3.05, 3.63) is 59.0 Å². The third kappa shape index (κ3) is 3.53. The molecular weight excluding hydrogens is 340 g/mol. The standard InChI is InChI=1S/C21H24N4O2/c1-14-3-5-18-17(11-14)15(2)19(27-18)13-24-7-9-25(10-8-24)20-6-4-16(12-23-20)21(22)26/h3-6,11-12H,7-10,13H2,1-2H3,(H2,22,26). The first-order valence-electron chi connectivity index (χ1n) is 9.23. The Morgan fingerprint density at radius 2 is 1.93 bits per heavy atom. The number of furan rings is 1. The largest absolute Gasteiger partial charge is 0.459 e. The van der Waals surface area contributed by atoms with Crippen molar-refractivity contribution in [3.63, 3.8) is 0 Å². The summed E-state index contributed by atoms with van der Waals surface area (Å²) in [5, 5.41) is 1.21. The molecular formula is C21H24N4O2. The molecule has 1 amide bonds. The SMILES string of the molecule is Cc1ccc2oc(CN3CCN(c4ccc(C(N)=O)cn4)CC3)c(C)c2c1. The van der Waals surface area contributed by atoms with Crippen molar-refractivity contribution in [3.8, 4) is 0 Å². The lowest BCUT2D eigenvalue weighted by Gasteiger charge is -2.35. The van der Waals surface area contributed by atoms with Crippen LogP contribution >= 0.6 is 0 Å². The van der Waals surface area contributed by atoms with Crippen LogP contribution in [-0.4, -0.2) is 42.0 Å². The van der Waals surface area contributed by atoms with Crippen molar-refractivity contribution in [2.75, 3.05) is 31.1 Å². The van der Waals surface area contributed by atoms with Crippen LogP contribution in [0.4, 0.5) is 5.82 Å². The molecule has 3 aromatic rings. The molecule has 4 rings (SSSR count). The second-order valence-corrected chi connectivity index (χ2v) is 7.18. The summed E-state index contributed by atoms with van der Waals surface area (Å²) >= 11 is 0. The van der Waals surface area contributed by atoms with Gasteiger partial charge in [0.2, 0.25) is 5.91 Å². The monoisotopic (exact) mass is 364 g/mol. The van der Waals surface area contributed by atoms with Crippen LogP contribution in [0, 0.1) is 13.8 Å². The van der Waals surface area contributed by atoms with Gasteiger partial charge in [0.1, 0.15) is 17.2 Å². The van der Waals surface area contributed by atoms with E-state index >= 15 is 0 Å². The highest BCUT2D eigenvalue weighted by atomic mass is 16.3. The molecule has 1 aliphatic heterocycles. The quantitative estimate of drug-likeness (QED) is 0.770. The van der Waals surface area contributed by atoms with Crippen molar-refractivity contribution in [2.24, 2.45) is 5.73 Å². The third-order valence-corrected chi connectivity index (χ3v) is 5.29. The van der Waals surface area contributed by atoms with Gasteiger partial charge in [0.05, 0.1) is 12.1 Å². The van der Waals surface area contributed by atoms with Crippen molar-refractivity contribution in [1.82, 2.24) is 9.88 Å². The molecule has 0 spiro atoms. The van der Waals surface area contributed by atoms with Gasteiger partial charge in [-0.2, -0.15) is 0 Å². The number of primary amides is 1. The van der Waals surface area contributed by atoms with Gasteiger partial charge in [-0.25, -0.2) is 4.98 Å². The van der Waals surface area contributed by atoms with Gasteiger partial charge in [-0.1, -0.05) is 11.6 Å². The molecule has 0 radical (unpaired) electrons. The van der Waals surface area contributed by atoms with Gasteiger partial charge in [0.15, 0.2) is 0 Å². The fourth-order valence-corrected chi connectivity index (χ4v) is 3.59. The minimum Gasteiger partial charge on any atom is -0.459 e. The smallest absolute Gasteiger partial charge is 0.250 e. The van der Waals surface area contributed by atoms with Crippen LogP contribution in [0.5, 0.6) is 0 Å². The Bertz CT molecular complexity index is 970. The minimum absolute atomic E-state index is 0.438. The topological polar surface area (TPSA) is 75.6 Å². The highest BCUT2D eigenvalue weighted by molar-refractivity contribution is 5.92. The summed E-state index contributed by atoms with van der Waals surface area (Å²) in [6.07, 6.45) is 1.55. The number of anilines is 1. The molecule has 0 saturated carbocycles. The zero-order chi connectivity index (χ0) is 19.0. The summed E-state index contributed by atoms with van der Waals surface area (Å²) < 4.78 is 6.09. The number of benzene rings is 1. The Kier molecular flexibility index (Phi) is 4.58. The van der Waals surface area contributed by atoms with E-state index in [1.807, 2.05) is 6.07 Å². The van der Waals surface area contributed by atoms with E-state index in [2.05, 4.69) is 46.8 Å². The third-order valence-electron chi connectivity index (χ3n) is 5.29. The normalized spacial score (nSPS) is 15.4. The summed E-state index contributed by atoms with van der Waals surface area (Å²) in [5.41, 5.74) is 9.16. The number of aromatic nitrogens is 1. The number of hydrogen-bond donors (Lipinski definition) is 1. The van der Waals surface area contributed by atoms with Gasteiger partial charge in [-0.15, -0.1) is 0 Å². The van der Waals surface area contributed by atoms with Gasteiger partial charge in [0, 0.05) is 37.8 Å². The van der Waals surface area contributed by atoms with E-state index in [0.29, 0.717) is 5.56 Å². The number of nitrogens with zero attached hydrogens (tertiary/aromatic N) is 3. The molecule has 2 N–H and O–H groups in total. The van der Waals surface area contributed by atoms with Crippen LogP contribution < -0.4 is 10.6 Å². The zero-order valence-electron chi connectivity index (χ0n) is 15.7. The Labute approximate surface area is 158 Å². The number of piperazine rings is 1. The molecule has 1 aromatic carbocycles. The summed E-state index contributed by atoms with van der Waals surface area (Å²) in [4.78, 5) is 20.2. The highest BCUT2D eigenvalue weighted by Crippen LogP contribution is 2.27. The van der Waals surface area contributed by atoms with Crippen LogP contribution in [-0.2, 0) is 6.54 Å². The number of amides is 1. The zero-order valence-corrected chi connectivity index (χ0v) is 15.7. The number of carbonyl (C=O) groups excluding carboxylic acids is 1. The average molecular weight is 364 g/mol. The molecule has 1 aliphatic rings. The molecule has 6 nitrogen and oxygen atoms in total. The number of rotatable bonds is 4. The van der Waals surface area contributed by atoms with E-state index in [1.54, 1.807) is 12.3 Å². The molecule has 0 unspecified atom stereocenters. The lowest BCUT2D eigenvalue weighted by molar-refractivity contribution is 0.1000. The number of nitrogens with two attached hydrogens (primary N) is 1. The first kappa shape index (κ1) is 17.5. The van der Waals surface area contributed by atoms with Crippen LogP contribution in [0.25, 0.3) is 11.0 Å². The predicted molar refractivity (Wildman–Crippen MR) is 106 cm³/mol. The number of aryl methyl sites for hydroxylation is 2. The van der Waals surface area contributed by atoms with E-state index in [4.69, 9.17) is 10.2 Å². The van der Waals surface area contributed by atoms with Crippen LogP contribution in [0.2, 0.25) is 0 Å². The van der Waals surface area contributed by atoms with Crippen molar-refractivity contribution < 1.29 is 9.21 Å². The first-order valence-corrected chi connectivity index (χ1v) is 9.23. The molecule has 0 atom stereocenters. The molecule has 140 valence electrons. The number of pyridine rings is 1. The molecule has 1 fully saturated rings. The summed E-state index contributed by atoms with van der Waals surface area (Å²) in [6.45, 7) is 8.73. The molecule has 1 saturated heterocycles. The van der Waals surface area contributed by atoms with E-state index in [0.717, 1.165) is 49.9 Å². The number of hydrogen-bond acceptors (Lipinski definition) is 5. The molecule has 27 heavy (non-hydrogen) atoms. The number of fused-ring (bicyclic) bond motifs is 1. The van der Waals surface area contributed by atoms with Crippen molar-refractivity contribution >= 4 is 22.7 Å². The molecule has 2 aromatic heterocycles. The average Bonchev–Trinajstić information content (AvgIpc) is 2.98. The Morgan fingerprint density at radius 3 is 2.59 bits per heavy atom. The fourth-order valence-electron chi connectivity index (χ4n) is 3.59. The summed E-state index contributed by atoms with van der Waals surface area (Å²) in [7, 11) is 0. The highest BCUT2D eigenvalue weighted by Gasteiger charge is 2.21. The number of carbonyl (C=O) groups is 1. The van der Waals surface area contributed by atoms with Crippen LogP contribution in [0.15, 0.2) is 40.9 Å². The summed E-state index contributed by atoms with van der Waals surface area (Å²) in [5.74, 6) is 1.48. The molecule has 0 bridgehead atoms. The van der Waals surface area contributed by atoms with Gasteiger partial charge >= 0.3 is 0 Å². The van der Waals surface area contributed by atoms with E-state index < -0.39 is 5.91 Å². The second kappa shape index (κ2) is 7.04. The Balaban J connectivity index is 1.41. The van der Waals surface area contributed by atoms with Gasteiger partial charge in [-0.05, 0) is 43.7 Å². The van der Waals surface area contributed by atoms with Crippen LogP contribution in [0.1, 0.15) is 27.2 Å². The Morgan fingerprint density at radius 1 is 1.15 bits per heavy atom.